The van der Waals surface area contributed by atoms with E-state index in [1.165, 1.54) is 11.4 Å². The Morgan fingerprint density at radius 3 is 2.44 bits per heavy atom. The van der Waals surface area contributed by atoms with E-state index in [0.717, 1.165) is 18.8 Å². The molecule has 3 heteroatoms. The van der Waals surface area contributed by atoms with Crippen LogP contribution in [0.5, 0.6) is 0 Å². The average molecular weight is 243 g/mol. The van der Waals surface area contributed by atoms with E-state index in [0.29, 0.717) is 0 Å². The second kappa shape index (κ2) is 5.63. The predicted octanol–water partition coefficient (Wildman–Crippen LogP) is 3.19. The van der Waals surface area contributed by atoms with Crippen LogP contribution in [0.15, 0.2) is 42.6 Å². The fourth-order valence-corrected chi connectivity index (χ4v) is 1.99. The molecule has 0 spiro atoms. The molecule has 0 atom stereocenters. The summed E-state index contributed by atoms with van der Waals surface area (Å²) in [6.07, 6.45) is 2.12. The van der Waals surface area contributed by atoms with E-state index in [4.69, 9.17) is 0 Å². The quantitative estimate of drug-likeness (QED) is 0.870. The van der Waals surface area contributed by atoms with Crippen LogP contribution in [0.25, 0.3) is 0 Å². The first-order valence-electron chi connectivity index (χ1n) is 6.36. The zero-order valence-electron chi connectivity index (χ0n) is 11.4. The van der Waals surface area contributed by atoms with Crippen molar-refractivity contribution in [3.05, 3.63) is 48.3 Å². The number of nitrogens with zero attached hydrogens (tertiary/aromatic N) is 2. The van der Waals surface area contributed by atoms with Gasteiger partial charge >= 0.3 is 0 Å². The predicted molar refractivity (Wildman–Crippen MR) is 78.2 cm³/mol. The molecule has 0 aliphatic carbocycles. The highest BCUT2D eigenvalue weighted by molar-refractivity contribution is 5.54. The number of aryl methyl sites for hydroxylation is 1. The maximum atomic E-state index is 3.45. The van der Waals surface area contributed by atoms with Crippen molar-refractivity contribution in [1.82, 2.24) is 4.57 Å². The number of benzene rings is 1. The molecule has 1 aromatic carbocycles. The standard InChI is InChI=1S/C15H21N3/c1-4-18-11-5-6-15(18)12-16-13-7-9-14(10-8-13)17(2)3/h5-11,16H,4,12H2,1-3H3. The first kappa shape index (κ1) is 12.6. The summed E-state index contributed by atoms with van der Waals surface area (Å²) < 4.78 is 2.25. The molecule has 0 radical (unpaired) electrons. The molecule has 0 saturated heterocycles. The van der Waals surface area contributed by atoms with E-state index < -0.39 is 0 Å². The van der Waals surface area contributed by atoms with Gasteiger partial charge in [-0.3, -0.25) is 0 Å². The van der Waals surface area contributed by atoms with Gasteiger partial charge in [-0.25, -0.2) is 0 Å². The van der Waals surface area contributed by atoms with Gasteiger partial charge in [-0.2, -0.15) is 0 Å². The highest BCUT2D eigenvalue weighted by Crippen LogP contribution is 2.16. The molecule has 0 amide bonds. The van der Waals surface area contributed by atoms with Gasteiger partial charge < -0.3 is 14.8 Å². The third-order valence-corrected chi connectivity index (χ3v) is 3.12. The molecule has 2 aromatic rings. The number of hydrogen-bond acceptors (Lipinski definition) is 2. The van der Waals surface area contributed by atoms with Crippen LogP contribution in [0.1, 0.15) is 12.6 Å². The highest BCUT2D eigenvalue weighted by Gasteiger charge is 1.99. The van der Waals surface area contributed by atoms with Crippen molar-refractivity contribution in [2.45, 2.75) is 20.0 Å². The van der Waals surface area contributed by atoms with Crippen molar-refractivity contribution in [1.29, 1.82) is 0 Å². The molecule has 0 fully saturated rings. The van der Waals surface area contributed by atoms with E-state index in [9.17, 15) is 0 Å². The van der Waals surface area contributed by atoms with Gasteiger partial charge in [0.2, 0.25) is 0 Å². The summed E-state index contributed by atoms with van der Waals surface area (Å²) in [6.45, 7) is 4.04. The molecule has 0 saturated carbocycles. The molecule has 0 unspecified atom stereocenters. The third kappa shape index (κ3) is 2.86. The lowest BCUT2D eigenvalue weighted by atomic mass is 10.2. The van der Waals surface area contributed by atoms with Crippen LogP contribution >= 0.6 is 0 Å². The van der Waals surface area contributed by atoms with Crippen LogP contribution in [0, 0.1) is 0 Å². The number of aromatic nitrogens is 1. The first-order valence-corrected chi connectivity index (χ1v) is 6.36. The van der Waals surface area contributed by atoms with Crippen LogP contribution in [0.4, 0.5) is 11.4 Å². The lowest BCUT2D eigenvalue weighted by Crippen LogP contribution is -2.09. The van der Waals surface area contributed by atoms with E-state index in [-0.39, 0.29) is 0 Å². The molecule has 3 nitrogen and oxygen atoms in total. The summed E-state index contributed by atoms with van der Waals surface area (Å²) in [6, 6.07) is 12.7. The highest BCUT2D eigenvalue weighted by atomic mass is 15.1. The molecule has 96 valence electrons. The van der Waals surface area contributed by atoms with Gasteiger partial charge in [-0.15, -0.1) is 0 Å². The summed E-state index contributed by atoms with van der Waals surface area (Å²) in [7, 11) is 4.10. The number of hydrogen-bond donors (Lipinski definition) is 1. The summed E-state index contributed by atoms with van der Waals surface area (Å²) in [4.78, 5) is 2.10. The number of rotatable bonds is 5. The molecule has 18 heavy (non-hydrogen) atoms. The molecule has 0 aliphatic heterocycles. The van der Waals surface area contributed by atoms with Crippen LogP contribution < -0.4 is 10.2 Å². The summed E-state index contributed by atoms with van der Waals surface area (Å²) in [5, 5.41) is 3.45. The van der Waals surface area contributed by atoms with Crippen molar-refractivity contribution >= 4 is 11.4 Å². The Labute approximate surface area is 109 Å². The van der Waals surface area contributed by atoms with Crippen molar-refractivity contribution in [3.8, 4) is 0 Å². The Bertz CT molecular complexity index is 483. The zero-order valence-corrected chi connectivity index (χ0v) is 11.4. The van der Waals surface area contributed by atoms with Gasteiger partial charge in [0, 0.05) is 43.9 Å². The number of anilines is 2. The summed E-state index contributed by atoms with van der Waals surface area (Å²) in [5.41, 5.74) is 3.69. The molecule has 0 aliphatic rings. The molecular weight excluding hydrogens is 222 g/mol. The molecular formula is C15H21N3. The largest absolute Gasteiger partial charge is 0.379 e. The lowest BCUT2D eigenvalue weighted by molar-refractivity contribution is 0.724. The molecule has 1 aromatic heterocycles. The Morgan fingerprint density at radius 1 is 1.11 bits per heavy atom. The molecule has 2 rings (SSSR count). The van der Waals surface area contributed by atoms with Crippen LogP contribution in [-0.2, 0) is 13.1 Å². The molecule has 1 N–H and O–H groups in total. The maximum Gasteiger partial charge on any atom is 0.0553 e. The Hall–Kier alpha value is -1.90. The summed E-state index contributed by atoms with van der Waals surface area (Å²) in [5.74, 6) is 0. The maximum absolute atomic E-state index is 3.45. The second-order valence-corrected chi connectivity index (χ2v) is 4.58. The fourth-order valence-electron chi connectivity index (χ4n) is 1.99. The normalized spacial score (nSPS) is 10.4. The summed E-state index contributed by atoms with van der Waals surface area (Å²) >= 11 is 0. The van der Waals surface area contributed by atoms with E-state index in [1.807, 2.05) is 0 Å². The minimum absolute atomic E-state index is 0.863. The van der Waals surface area contributed by atoms with Gasteiger partial charge in [0.15, 0.2) is 0 Å². The van der Waals surface area contributed by atoms with Gasteiger partial charge in [0.05, 0.1) is 6.54 Å². The van der Waals surface area contributed by atoms with Crippen molar-refractivity contribution in [2.75, 3.05) is 24.3 Å². The van der Waals surface area contributed by atoms with Gasteiger partial charge in [0.25, 0.3) is 0 Å². The van der Waals surface area contributed by atoms with Crippen LogP contribution in [-0.4, -0.2) is 18.7 Å². The zero-order chi connectivity index (χ0) is 13.0. The van der Waals surface area contributed by atoms with Crippen molar-refractivity contribution in [3.63, 3.8) is 0 Å². The topological polar surface area (TPSA) is 20.2 Å². The third-order valence-electron chi connectivity index (χ3n) is 3.12. The van der Waals surface area contributed by atoms with Crippen molar-refractivity contribution in [2.24, 2.45) is 0 Å². The fraction of sp³-hybridized carbons (Fsp3) is 0.333. The minimum Gasteiger partial charge on any atom is -0.379 e. The Balaban J connectivity index is 1.98. The smallest absolute Gasteiger partial charge is 0.0553 e. The van der Waals surface area contributed by atoms with Crippen LogP contribution in [0.3, 0.4) is 0 Å². The van der Waals surface area contributed by atoms with E-state index in [1.54, 1.807) is 0 Å². The molecule has 0 bridgehead atoms. The average Bonchev–Trinajstić information content (AvgIpc) is 2.84. The SMILES string of the molecule is CCn1cccc1CNc1ccc(N(C)C)cc1. The second-order valence-electron chi connectivity index (χ2n) is 4.58. The number of nitrogens with one attached hydrogen (secondary N) is 1. The Morgan fingerprint density at radius 2 is 1.83 bits per heavy atom. The van der Waals surface area contributed by atoms with Gasteiger partial charge in [-0.1, -0.05) is 0 Å². The lowest BCUT2D eigenvalue weighted by Gasteiger charge is -2.14. The van der Waals surface area contributed by atoms with E-state index in [2.05, 4.69) is 78.4 Å². The van der Waals surface area contributed by atoms with Crippen LogP contribution in [0.2, 0.25) is 0 Å². The molecule has 1 heterocycles. The Kier molecular flexibility index (Phi) is 3.92. The minimum atomic E-state index is 0.863. The van der Waals surface area contributed by atoms with Crippen molar-refractivity contribution < 1.29 is 0 Å². The monoisotopic (exact) mass is 243 g/mol. The first-order chi connectivity index (χ1) is 8.70. The van der Waals surface area contributed by atoms with Gasteiger partial charge in [-0.05, 0) is 43.3 Å². The van der Waals surface area contributed by atoms with Gasteiger partial charge in [0.1, 0.15) is 0 Å². The van der Waals surface area contributed by atoms with E-state index >= 15 is 0 Å².